The zero-order chi connectivity index (χ0) is 7.68. The maximum absolute atomic E-state index is 11.3. The second-order valence-electron chi connectivity index (χ2n) is 2.54. The maximum atomic E-state index is 11.3. The molecule has 1 nitrogen and oxygen atoms in total. The fraction of sp³-hybridized carbons (Fsp3) is 0.222. The van der Waals surface area contributed by atoms with E-state index in [0.717, 1.165) is 17.3 Å². The zero-order valence-corrected chi connectivity index (χ0v) is 7.75. The summed E-state index contributed by atoms with van der Waals surface area (Å²) in [6, 6.07) is 7.95. The summed E-state index contributed by atoms with van der Waals surface area (Å²) in [6.45, 7) is 0. The molecule has 1 aliphatic heterocycles. The van der Waals surface area contributed by atoms with Crippen LogP contribution in [0.1, 0.15) is 15.9 Å². The molecule has 0 spiro atoms. The van der Waals surface area contributed by atoms with E-state index in [-0.39, 0.29) is 15.0 Å². The van der Waals surface area contributed by atoms with E-state index in [1.54, 1.807) is 0 Å². The van der Waals surface area contributed by atoms with Gasteiger partial charge in [0.1, 0.15) is 0 Å². The Bertz CT molecular complexity index is 293. The summed E-state index contributed by atoms with van der Waals surface area (Å²) in [5.41, 5.74) is 2.21. The van der Waals surface area contributed by atoms with Crippen molar-refractivity contribution >= 4 is 19.6 Å². The van der Waals surface area contributed by atoms with E-state index in [4.69, 9.17) is 0 Å². The molecule has 2 heteroatoms. The van der Waals surface area contributed by atoms with E-state index >= 15 is 0 Å². The normalized spacial score (nSPS) is 16.2. The molecule has 0 amide bonds. The molecule has 1 aromatic carbocycles. The van der Waals surface area contributed by atoms with E-state index in [0.29, 0.717) is 4.68 Å². The monoisotopic (exact) mass is 212 g/mol. The molecule has 0 saturated carbocycles. The number of carbonyl (C=O) groups excluding carboxylic acids is 1. The van der Waals surface area contributed by atoms with Gasteiger partial charge in [0, 0.05) is 0 Å². The van der Waals surface area contributed by atoms with Crippen molar-refractivity contribution < 1.29 is 4.79 Å². The minimum atomic E-state index is 0.217. The molecule has 1 aliphatic rings. The van der Waals surface area contributed by atoms with Crippen LogP contribution >= 0.6 is 0 Å². The number of aryl methyl sites for hydroxylation is 1. The van der Waals surface area contributed by atoms with Crippen LogP contribution in [0.15, 0.2) is 24.3 Å². The number of hydrogen-bond donors (Lipinski definition) is 0. The van der Waals surface area contributed by atoms with Crippen LogP contribution in [0.3, 0.4) is 0 Å². The summed E-state index contributed by atoms with van der Waals surface area (Å²) in [5, 5.41) is 1.09. The average Bonchev–Trinajstić information content (AvgIpc) is 2.06. The van der Waals surface area contributed by atoms with Gasteiger partial charge in [-0.2, -0.15) is 0 Å². The Kier molecular flexibility index (Phi) is 1.80. The molecule has 1 aromatic rings. The van der Waals surface area contributed by atoms with Crippen LogP contribution in [0, 0.1) is 0 Å². The van der Waals surface area contributed by atoms with Crippen LogP contribution < -0.4 is 0 Å². The third kappa shape index (κ3) is 1.24. The van der Waals surface area contributed by atoms with Gasteiger partial charge in [0.15, 0.2) is 0 Å². The molecule has 0 fully saturated rings. The predicted molar refractivity (Wildman–Crippen MR) is 45.0 cm³/mol. The minimum absolute atomic E-state index is 0.217. The van der Waals surface area contributed by atoms with E-state index < -0.39 is 0 Å². The standard InChI is InChI=1S/C9H8OSe/c10-9-8-4-2-1-3-7(8)5-6-11-9/h1-4H,5-6H2. The van der Waals surface area contributed by atoms with Gasteiger partial charge in [-0.1, -0.05) is 0 Å². The quantitative estimate of drug-likeness (QED) is 0.594. The third-order valence-electron chi connectivity index (χ3n) is 1.84. The predicted octanol–water partition coefficient (Wildman–Crippen LogP) is 1.51. The fourth-order valence-corrected chi connectivity index (χ4v) is 3.08. The van der Waals surface area contributed by atoms with Crippen LogP contribution in [-0.2, 0) is 6.42 Å². The number of rotatable bonds is 0. The number of hydrogen-bond acceptors (Lipinski definition) is 1. The van der Waals surface area contributed by atoms with Gasteiger partial charge in [0.2, 0.25) is 0 Å². The van der Waals surface area contributed by atoms with Gasteiger partial charge in [-0.3, -0.25) is 0 Å². The molecule has 0 unspecified atom stereocenters. The third-order valence-corrected chi connectivity index (χ3v) is 3.71. The van der Waals surface area contributed by atoms with Gasteiger partial charge in [-0.15, -0.1) is 0 Å². The van der Waals surface area contributed by atoms with Crippen molar-refractivity contribution in [1.82, 2.24) is 0 Å². The van der Waals surface area contributed by atoms with E-state index in [2.05, 4.69) is 6.07 Å². The van der Waals surface area contributed by atoms with Crippen molar-refractivity contribution in [2.75, 3.05) is 0 Å². The Balaban J connectivity index is 2.52. The van der Waals surface area contributed by atoms with E-state index in [1.807, 2.05) is 18.2 Å². The molecule has 0 N–H and O–H groups in total. The summed E-state index contributed by atoms with van der Waals surface area (Å²) in [6.07, 6.45) is 1.10. The summed E-state index contributed by atoms with van der Waals surface area (Å²) >= 11 is 0.217. The van der Waals surface area contributed by atoms with Crippen LogP contribution in [0.25, 0.3) is 0 Å². The van der Waals surface area contributed by atoms with Gasteiger partial charge < -0.3 is 0 Å². The molecule has 2 rings (SSSR count). The van der Waals surface area contributed by atoms with Gasteiger partial charge in [0.25, 0.3) is 0 Å². The summed E-state index contributed by atoms with van der Waals surface area (Å²) in [7, 11) is 0. The van der Waals surface area contributed by atoms with Crippen LogP contribution in [0.5, 0.6) is 0 Å². The topological polar surface area (TPSA) is 17.1 Å². The number of carbonyl (C=O) groups is 1. The Morgan fingerprint density at radius 2 is 2.09 bits per heavy atom. The molecular weight excluding hydrogens is 203 g/mol. The molecule has 0 saturated heterocycles. The summed E-state index contributed by atoms with van der Waals surface area (Å²) in [5.74, 6) is 0. The van der Waals surface area contributed by atoms with Crippen molar-refractivity contribution in [3.8, 4) is 0 Å². The van der Waals surface area contributed by atoms with E-state index in [9.17, 15) is 4.79 Å². The van der Waals surface area contributed by atoms with Crippen LogP contribution in [0.2, 0.25) is 5.32 Å². The van der Waals surface area contributed by atoms with Crippen molar-refractivity contribution in [1.29, 1.82) is 0 Å². The second kappa shape index (κ2) is 2.80. The molecule has 0 aliphatic carbocycles. The first kappa shape index (κ1) is 7.08. The van der Waals surface area contributed by atoms with Gasteiger partial charge in [-0.25, -0.2) is 0 Å². The molecule has 1 heterocycles. The molecule has 11 heavy (non-hydrogen) atoms. The Labute approximate surface area is 72.0 Å². The second-order valence-corrected chi connectivity index (χ2v) is 4.78. The number of benzene rings is 1. The van der Waals surface area contributed by atoms with Crippen molar-refractivity contribution in [2.45, 2.75) is 11.7 Å². The summed E-state index contributed by atoms with van der Waals surface area (Å²) < 4.78 is 0.374. The molecule has 0 bridgehead atoms. The molecule has 0 aromatic heterocycles. The fourth-order valence-electron chi connectivity index (χ4n) is 1.27. The molecule has 56 valence electrons. The first-order chi connectivity index (χ1) is 5.38. The first-order valence-electron chi connectivity index (χ1n) is 3.63. The average molecular weight is 211 g/mol. The SMILES string of the molecule is O=C1[Se]CCc2ccccc21. The van der Waals surface area contributed by atoms with Gasteiger partial charge in [-0.05, 0) is 0 Å². The summed E-state index contributed by atoms with van der Waals surface area (Å²) in [4.78, 5) is 11.3. The first-order valence-corrected chi connectivity index (χ1v) is 5.70. The van der Waals surface area contributed by atoms with Crippen LogP contribution in [0.4, 0.5) is 0 Å². The molecule has 0 radical (unpaired) electrons. The van der Waals surface area contributed by atoms with E-state index in [1.165, 1.54) is 5.56 Å². The van der Waals surface area contributed by atoms with Crippen molar-refractivity contribution in [2.24, 2.45) is 0 Å². The van der Waals surface area contributed by atoms with Crippen LogP contribution in [-0.4, -0.2) is 19.6 Å². The van der Waals surface area contributed by atoms with Crippen molar-refractivity contribution in [3.63, 3.8) is 0 Å². The molecule has 0 atom stereocenters. The molecular formula is C9H8OSe. The number of fused-ring (bicyclic) bond motifs is 1. The Hall–Kier alpha value is -0.591. The van der Waals surface area contributed by atoms with Gasteiger partial charge in [0.05, 0.1) is 0 Å². The zero-order valence-electron chi connectivity index (χ0n) is 6.04. The van der Waals surface area contributed by atoms with Crippen molar-refractivity contribution in [3.05, 3.63) is 35.4 Å². The van der Waals surface area contributed by atoms with Gasteiger partial charge >= 0.3 is 71.6 Å². The Morgan fingerprint density at radius 3 is 2.91 bits per heavy atom. The Morgan fingerprint density at radius 1 is 1.27 bits per heavy atom.